The highest BCUT2D eigenvalue weighted by Crippen LogP contribution is 2.37. The highest BCUT2D eigenvalue weighted by Gasteiger charge is 2.46. The van der Waals surface area contributed by atoms with Crippen LogP contribution in [-0.4, -0.2) is 77.0 Å². The molecular formula is C30H27F2N9O3. The Labute approximate surface area is 249 Å². The molecule has 2 amide bonds. The fourth-order valence-electron chi connectivity index (χ4n) is 6.21. The number of nitrogens with zero attached hydrogens (tertiary/aromatic N) is 8. The predicted octanol–water partition coefficient (Wildman–Crippen LogP) is 4.31. The number of amides is 2. The number of alkyl halides is 2. The SMILES string of the molecule is CC(=O)Nc1ccc2oc(-c3ccnc(C(=O)N4C5CCC4CN(C(c4ccccc4)c4nnn(C(F)F)n4)C5)c3)nc2c1. The van der Waals surface area contributed by atoms with E-state index in [0.717, 1.165) is 18.4 Å². The second-order valence-electron chi connectivity index (χ2n) is 10.9. The van der Waals surface area contributed by atoms with Crippen LogP contribution in [0.3, 0.4) is 0 Å². The van der Waals surface area contributed by atoms with Gasteiger partial charge in [-0.15, -0.1) is 10.2 Å². The summed E-state index contributed by atoms with van der Waals surface area (Å²) in [6.07, 6.45) is 3.15. The zero-order valence-electron chi connectivity index (χ0n) is 23.5. The Bertz CT molecular complexity index is 1830. The van der Waals surface area contributed by atoms with Crippen molar-refractivity contribution in [1.29, 1.82) is 0 Å². The highest BCUT2D eigenvalue weighted by atomic mass is 19.3. The number of fused-ring (bicyclic) bond motifs is 3. The van der Waals surface area contributed by atoms with Gasteiger partial charge in [-0.3, -0.25) is 19.5 Å². The third-order valence-electron chi connectivity index (χ3n) is 8.02. The van der Waals surface area contributed by atoms with Crippen molar-refractivity contribution in [1.82, 2.24) is 40.0 Å². The number of halogens is 2. The van der Waals surface area contributed by atoms with E-state index in [1.807, 2.05) is 35.2 Å². The zero-order valence-corrected chi connectivity index (χ0v) is 23.5. The number of anilines is 1. The van der Waals surface area contributed by atoms with Gasteiger partial charge in [0.15, 0.2) is 11.4 Å². The number of carbonyl (C=O) groups excluding carboxylic acids is 2. The first kappa shape index (κ1) is 27.7. The lowest BCUT2D eigenvalue weighted by atomic mass is 10.0. The van der Waals surface area contributed by atoms with E-state index in [1.165, 1.54) is 6.92 Å². The summed E-state index contributed by atoms with van der Waals surface area (Å²) in [7, 11) is 0. The van der Waals surface area contributed by atoms with Crippen LogP contribution in [-0.2, 0) is 4.79 Å². The van der Waals surface area contributed by atoms with Crippen molar-refractivity contribution in [3.05, 3.63) is 83.9 Å². The molecule has 14 heteroatoms. The summed E-state index contributed by atoms with van der Waals surface area (Å²) in [5.74, 6) is 0.139. The maximum Gasteiger partial charge on any atom is 0.350 e. The van der Waals surface area contributed by atoms with Gasteiger partial charge in [0.1, 0.15) is 11.2 Å². The molecule has 2 aliphatic rings. The Hall–Kier alpha value is -5.11. The lowest BCUT2D eigenvalue weighted by molar-refractivity contribution is -0.114. The molecule has 0 spiro atoms. The smallest absolute Gasteiger partial charge is 0.350 e. The predicted molar refractivity (Wildman–Crippen MR) is 153 cm³/mol. The second-order valence-corrected chi connectivity index (χ2v) is 10.9. The third-order valence-corrected chi connectivity index (χ3v) is 8.02. The Morgan fingerprint density at radius 1 is 1.02 bits per heavy atom. The van der Waals surface area contributed by atoms with Gasteiger partial charge in [0, 0.05) is 49.5 Å². The molecule has 5 heterocycles. The zero-order chi connectivity index (χ0) is 30.4. The number of piperazine rings is 1. The number of carbonyl (C=O) groups is 2. The summed E-state index contributed by atoms with van der Waals surface area (Å²) in [6.45, 7) is -0.446. The third kappa shape index (κ3) is 5.17. The Morgan fingerprint density at radius 2 is 1.80 bits per heavy atom. The van der Waals surface area contributed by atoms with Crippen LogP contribution < -0.4 is 5.32 Å². The van der Waals surface area contributed by atoms with Gasteiger partial charge in [0.05, 0.1) is 6.04 Å². The van der Waals surface area contributed by atoms with Gasteiger partial charge >= 0.3 is 6.55 Å². The number of rotatable bonds is 7. The van der Waals surface area contributed by atoms with Crippen LogP contribution in [0.2, 0.25) is 0 Å². The average molecular weight is 600 g/mol. The number of pyridine rings is 1. The molecule has 2 bridgehead atoms. The summed E-state index contributed by atoms with van der Waals surface area (Å²) in [6, 6.07) is 17.3. The summed E-state index contributed by atoms with van der Waals surface area (Å²) in [5.41, 5.74) is 3.45. The lowest BCUT2D eigenvalue weighted by Gasteiger charge is -2.43. The maximum absolute atomic E-state index is 13.9. The van der Waals surface area contributed by atoms with Crippen molar-refractivity contribution >= 4 is 28.6 Å². The summed E-state index contributed by atoms with van der Waals surface area (Å²) in [4.78, 5) is 38.6. The van der Waals surface area contributed by atoms with Crippen molar-refractivity contribution in [2.45, 2.75) is 44.4 Å². The summed E-state index contributed by atoms with van der Waals surface area (Å²) >= 11 is 0. The Morgan fingerprint density at radius 3 is 2.50 bits per heavy atom. The van der Waals surface area contributed by atoms with Gasteiger partial charge in [-0.1, -0.05) is 35.1 Å². The molecule has 5 aromatic rings. The summed E-state index contributed by atoms with van der Waals surface area (Å²) < 4.78 is 32.5. The van der Waals surface area contributed by atoms with Gasteiger partial charge in [0.2, 0.25) is 11.8 Å². The van der Waals surface area contributed by atoms with Crippen molar-refractivity contribution in [3.8, 4) is 11.5 Å². The van der Waals surface area contributed by atoms with Gasteiger partial charge in [-0.25, -0.2) is 4.98 Å². The molecule has 2 saturated heterocycles. The van der Waals surface area contributed by atoms with Crippen LogP contribution in [0.15, 0.2) is 71.3 Å². The standard InChI is InChI=1S/C30H27F2N9O3/c1-17(42)34-20-7-10-25-23(14-20)35-28(44-25)19-11-12-33-24(13-19)29(43)40-21-8-9-22(40)16-39(15-21)26(18-5-3-2-4-6-18)27-36-38-41(37-27)30(31)32/h2-7,10-14,21-22,26,30H,8-9,15-16H2,1H3,(H,34,42). The first-order valence-corrected chi connectivity index (χ1v) is 14.2. The molecule has 12 nitrogen and oxygen atoms in total. The second kappa shape index (κ2) is 11.2. The number of aromatic nitrogens is 6. The number of likely N-dealkylation sites (tertiary alicyclic amines) is 1. The number of tetrazole rings is 1. The molecule has 224 valence electrons. The number of hydrogen-bond acceptors (Lipinski definition) is 9. The molecule has 0 radical (unpaired) electrons. The minimum absolute atomic E-state index is 0.111. The van der Waals surface area contributed by atoms with E-state index in [0.29, 0.717) is 46.1 Å². The molecule has 44 heavy (non-hydrogen) atoms. The molecule has 2 fully saturated rings. The van der Waals surface area contributed by atoms with Crippen molar-refractivity contribution in [3.63, 3.8) is 0 Å². The average Bonchev–Trinajstić information content (AvgIpc) is 3.74. The molecule has 3 aromatic heterocycles. The number of oxazole rings is 1. The largest absolute Gasteiger partial charge is 0.436 e. The molecule has 2 aliphatic heterocycles. The van der Waals surface area contributed by atoms with E-state index in [2.05, 4.69) is 35.6 Å². The summed E-state index contributed by atoms with van der Waals surface area (Å²) in [5, 5.41) is 14.2. The highest BCUT2D eigenvalue weighted by molar-refractivity contribution is 5.94. The quantitative estimate of drug-likeness (QED) is 0.290. The van der Waals surface area contributed by atoms with Crippen LogP contribution in [0.4, 0.5) is 14.5 Å². The number of nitrogens with one attached hydrogen (secondary N) is 1. The fraction of sp³-hybridized carbons (Fsp3) is 0.300. The van der Waals surface area contributed by atoms with Crippen molar-refractivity contribution in [2.24, 2.45) is 0 Å². The van der Waals surface area contributed by atoms with Gasteiger partial charge < -0.3 is 14.6 Å². The Kier molecular flexibility index (Phi) is 7.04. The van der Waals surface area contributed by atoms with Crippen LogP contribution in [0.25, 0.3) is 22.6 Å². The van der Waals surface area contributed by atoms with Crippen LogP contribution in [0.1, 0.15) is 54.2 Å². The van der Waals surface area contributed by atoms with E-state index >= 15 is 0 Å². The molecule has 2 aromatic carbocycles. The van der Waals surface area contributed by atoms with E-state index < -0.39 is 12.6 Å². The van der Waals surface area contributed by atoms with Crippen molar-refractivity contribution < 1.29 is 22.8 Å². The molecule has 7 rings (SSSR count). The molecule has 1 N–H and O–H groups in total. The van der Waals surface area contributed by atoms with E-state index in [1.54, 1.807) is 36.5 Å². The van der Waals surface area contributed by atoms with Crippen LogP contribution in [0, 0.1) is 0 Å². The molecular weight excluding hydrogens is 572 g/mol. The topological polar surface area (TPSA) is 135 Å². The number of benzene rings is 2. The van der Waals surface area contributed by atoms with Gasteiger partial charge in [0.25, 0.3) is 5.91 Å². The monoisotopic (exact) mass is 599 g/mol. The molecule has 0 aliphatic carbocycles. The fourth-order valence-corrected chi connectivity index (χ4v) is 6.21. The first-order valence-electron chi connectivity index (χ1n) is 14.2. The van der Waals surface area contributed by atoms with E-state index in [-0.39, 0.29) is 35.4 Å². The van der Waals surface area contributed by atoms with Gasteiger partial charge in [-0.2, -0.15) is 8.78 Å². The normalized spacial score (nSPS) is 19.0. The Balaban J connectivity index is 1.13. The first-order chi connectivity index (χ1) is 21.3. The molecule has 3 atom stereocenters. The van der Waals surface area contributed by atoms with Crippen LogP contribution in [0.5, 0.6) is 0 Å². The van der Waals surface area contributed by atoms with Crippen LogP contribution >= 0.6 is 0 Å². The minimum atomic E-state index is -2.89. The van der Waals surface area contributed by atoms with E-state index in [9.17, 15) is 18.4 Å². The van der Waals surface area contributed by atoms with E-state index in [4.69, 9.17) is 4.42 Å². The maximum atomic E-state index is 13.9. The minimum Gasteiger partial charge on any atom is -0.436 e. The molecule has 3 unspecified atom stereocenters. The van der Waals surface area contributed by atoms with Gasteiger partial charge in [-0.05, 0) is 54.0 Å². The molecule has 0 saturated carbocycles. The number of hydrogen-bond donors (Lipinski definition) is 1. The lowest BCUT2D eigenvalue weighted by Crippen LogP contribution is -2.56. The van der Waals surface area contributed by atoms with Crippen molar-refractivity contribution in [2.75, 3.05) is 18.4 Å².